The van der Waals surface area contributed by atoms with E-state index in [9.17, 15) is 0 Å². The summed E-state index contributed by atoms with van der Waals surface area (Å²) in [4.78, 5) is 0. The normalized spacial score (nSPS) is 13.8. The Morgan fingerprint density at radius 1 is 1.54 bits per heavy atom. The smallest absolute Gasteiger partial charge is 0.0684 e. The van der Waals surface area contributed by atoms with Crippen LogP contribution in [-0.2, 0) is 4.74 Å². The highest BCUT2D eigenvalue weighted by Crippen LogP contribution is 2.17. The van der Waals surface area contributed by atoms with Gasteiger partial charge in [-0.3, -0.25) is 0 Å². The Hall–Kier alpha value is -0.590. The first-order valence-electron chi connectivity index (χ1n) is 4.65. The van der Waals surface area contributed by atoms with Gasteiger partial charge in [0.15, 0.2) is 0 Å². The Morgan fingerprint density at radius 3 is 2.62 bits per heavy atom. The minimum absolute atomic E-state index is 0.222. The molecule has 0 heterocycles. The molecule has 1 atom stereocenters. The van der Waals surface area contributed by atoms with E-state index < -0.39 is 0 Å². The summed E-state index contributed by atoms with van der Waals surface area (Å²) in [5, 5.41) is 12.1. The van der Waals surface area contributed by atoms with E-state index >= 15 is 0 Å². The van der Waals surface area contributed by atoms with E-state index in [0.29, 0.717) is 12.6 Å². The molecule has 76 valence electrons. The predicted octanol–water partition coefficient (Wildman–Crippen LogP) is 1.55. The minimum atomic E-state index is -0.222. The predicted molar refractivity (Wildman–Crippen MR) is 53.4 cm³/mol. The van der Waals surface area contributed by atoms with Crippen LogP contribution < -0.4 is 5.32 Å². The zero-order chi connectivity index (χ0) is 10.3. The SMILES string of the molecule is COCC(C)NCCC(C)(C)C#N. The van der Waals surface area contributed by atoms with E-state index in [4.69, 9.17) is 10.00 Å². The van der Waals surface area contributed by atoms with E-state index in [1.807, 2.05) is 13.8 Å². The number of rotatable bonds is 6. The fraction of sp³-hybridized carbons (Fsp3) is 0.900. The molecule has 0 aromatic rings. The molecule has 1 unspecified atom stereocenters. The molecule has 1 N–H and O–H groups in total. The molecule has 0 aromatic heterocycles. The molecule has 0 saturated carbocycles. The van der Waals surface area contributed by atoms with Crippen molar-refractivity contribution >= 4 is 0 Å². The van der Waals surface area contributed by atoms with Gasteiger partial charge in [0.05, 0.1) is 18.1 Å². The van der Waals surface area contributed by atoms with E-state index in [0.717, 1.165) is 13.0 Å². The molecule has 0 aliphatic carbocycles. The summed E-state index contributed by atoms with van der Waals surface area (Å²) in [5.41, 5.74) is -0.222. The maximum Gasteiger partial charge on any atom is 0.0684 e. The van der Waals surface area contributed by atoms with Crippen molar-refractivity contribution in [2.45, 2.75) is 33.2 Å². The third kappa shape index (κ3) is 6.56. The number of ether oxygens (including phenoxy) is 1. The first-order chi connectivity index (χ1) is 6.02. The number of hydrogen-bond acceptors (Lipinski definition) is 3. The molecule has 0 radical (unpaired) electrons. The lowest BCUT2D eigenvalue weighted by atomic mass is 9.91. The minimum Gasteiger partial charge on any atom is -0.383 e. The summed E-state index contributed by atoms with van der Waals surface area (Å²) < 4.78 is 4.99. The molecular formula is C10H20N2O. The highest BCUT2D eigenvalue weighted by atomic mass is 16.5. The lowest BCUT2D eigenvalue weighted by Crippen LogP contribution is -2.32. The Balaban J connectivity index is 3.51. The number of nitrogens with zero attached hydrogens (tertiary/aromatic N) is 1. The average molecular weight is 184 g/mol. The fourth-order valence-corrected chi connectivity index (χ4v) is 0.996. The van der Waals surface area contributed by atoms with Gasteiger partial charge in [0.2, 0.25) is 0 Å². The van der Waals surface area contributed by atoms with Crippen molar-refractivity contribution in [2.75, 3.05) is 20.3 Å². The van der Waals surface area contributed by atoms with Crippen LogP contribution in [0, 0.1) is 16.7 Å². The molecule has 3 heteroatoms. The van der Waals surface area contributed by atoms with E-state index in [-0.39, 0.29) is 5.41 Å². The van der Waals surface area contributed by atoms with Crippen molar-refractivity contribution in [3.05, 3.63) is 0 Å². The lowest BCUT2D eigenvalue weighted by Gasteiger charge is -2.17. The van der Waals surface area contributed by atoms with Crippen LogP contribution in [0.25, 0.3) is 0 Å². The average Bonchev–Trinajstić information content (AvgIpc) is 2.05. The van der Waals surface area contributed by atoms with Crippen LogP contribution >= 0.6 is 0 Å². The zero-order valence-electron chi connectivity index (χ0n) is 9.05. The van der Waals surface area contributed by atoms with Gasteiger partial charge in [-0.15, -0.1) is 0 Å². The van der Waals surface area contributed by atoms with E-state index in [1.165, 1.54) is 0 Å². The van der Waals surface area contributed by atoms with Crippen molar-refractivity contribution in [1.82, 2.24) is 5.32 Å². The summed E-state index contributed by atoms with van der Waals surface area (Å²) >= 11 is 0. The summed E-state index contributed by atoms with van der Waals surface area (Å²) in [5.74, 6) is 0. The summed E-state index contributed by atoms with van der Waals surface area (Å²) in [6, 6.07) is 2.64. The monoisotopic (exact) mass is 184 g/mol. The van der Waals surface area contributed by atoms with Crippen LogP contribution in [-0.4, -0.2) is 26.3 Å². The van der Waals surface area contributed by atoms with Gasteiger partial charge in [0.25, 0.3) is 0 Å². The van der Waals surface area contributed by atoms with Crippen molar-refractivity contribution in [3.63, 3.8) is 0 Å². The number of nitrogens with one attached hydrogen (secondary N) is 1. The number of methoxy groups -OCH3 is 1. The summed E-state index contributed by atoms with van der Waals surface area (Å²) in [6.45, 7) is 7.56. The van der Waals surface area contributed by atoms with Crippen molar-refractivity contribution in [2.24, 2.45) is 5.41 Å². The summed E-state index contributed by atoms with van der Waals surface area (Å²) in [6.07, 6.45) is 0.873. The van der Waals surface area contributed by atoms with Crippen molar-refractivity contribution in [3.8, 4) is 6.07 Å². The maximum absolute atomic E-state index is 8.76. The van der Waals surface area contributed by atoms with Crippen molar-refractivity contribution in [1.29, 1.82) is 5.26 Å². The molecule has 0 spiro atoms. The van der Waals surface area contributed by atoms with Gasteiger partial charge in [-0.05, 0) is 33.7 Å². The molecule has 0 amide bonds. The Bertz CT molecular complexity index is 172. The van der Waals surface area contributed by atoms with Crippen LogP contribution in [0.1, 0.15) is 27.2 Å². The summed E-state index contributed by atoms with van der Waals surface area (Å²) in [7, 11) is 1.69. The molecule has 0 bridgehead atoms. The van der Waals surface area contributed by atoms with Gasteiger partial charge in [-0.1, -0.05) is 0 Å². The molecule has 0 aliphatic rings. The van der Waals surface area contributed by atoms with Gasteiger partial charge in [0.1, 0.15) is 0 Å². The van der Waals surface area contributed by atoms with Crippen LogP contribution in [0.3, 0.4) is 0 Å². The Kier molecular flexibility index (Phi) is 5.68. The van der Waals surface area contributed by atoms with Gasteiger partial charge in [-0.2, -0.15) is 5.26 Å². The molecule has 3 nitrogen and oxygen atoms in total. The molecule has 13 heavy (non-hydrogen) atoms. The molecule has 0 saturated heterocycles. The largest absolute Gasteiger partial charge is 0.383 e. The molecule has 0 fully saturated rings. The molecule has 0 rings (SSSR count). The van der Waals surface area contributed by atoms with E-state index in [2.05, 4.69) is 18.3 Å². The quantitative estimate of drug-likeness (QED) is 0.681. The van der Waals surface area contributed by atoms with Gasteiger partial charge in [-0.25, -0.2) is 0 Å². The van der Waals surface area contributed by atoms with E-state index in [1.54, 1.807) is 7.11 Å². The maximum atomic E-state index is 8.76. The van der Waals surface area contributed by atoms with Crippen LogP contribution in [0.2, 0.25) is 0 Å². The third-order valence-corrected chi connectivity index (χ3v) is 1.96. The second-order valence-electron chi connectivity index (χ2n) is 4.06. The molecular weight excluding hydrogens is 164 g/mol. The van der Waals surface area contributed by atoms with Crippen LogP contribution in [0.5, 0.6) is 0 Å². The second-order valence-corrected chi connectivity index (χ2v) is 4.06. The fourth-order valence-electron chi connectivity index (χ4n) is 0.996. The van der Waals surface area contributed by atoms with Crippen molar-refractivity contribution < 1.29 is 4.74 Å². The van der Waals surface area contributed by atoms with Gasteiger partial charge >= 0.3 is 0 Å². The van der Waals surface area contributed by atoms with Gasteiger partial charge in [0, 0.05) is 13.2 Å². The molecule has 0 aromatic carbocycles. The molecule has 0 aliphatic heterocycles. The highest BCUT2D eigenvalue weighted by molar-refractivity contribution is 4.91. The number of hydrogen-bond donors (Lipinski definition) is 1. The zero-order valence-corrected chi connectivity index (χ0v) is 9.05. The first-order valence-corrected chi connectivity index (χ1v) is 4.65. The van der Waals surface area contributed by atoms with Crippen LogP contribution in [0.15, 0.2) is 0 Å². The standard InChI is InChI=1S/C10H20N2O/c1-9(7-13-4)12-6-5-10(2,3)8-11/h9,12H,5-7H2,1-4H3. The third-order valence-electron chi connectivity index (χ3n) is 1.96. The highest BCUT2D eigenvalue weighted by Gasteiger charge is 2.15. The number of nitriles is 1. The second kappa shape index (κ2) is 5.95. The van der Waals surface area contributed by atoms with Crippen LogP contribution in [0.4, 0.5) is 0 Å². The Labute approximate surface area is 81.1 Å². The topological polar surface area (TPSA) is 45.0 Å². The Morgan fingerprint density at radius 2 is 2.15 bits per heavy atom. The lowest BCUT2D eigenvalue weighted by molar-refractivity contribution is 0.171. The first kappa shape index (κ1) is 12.4. The van der Waals surface area contributed by atoms with Gasteiger partial charge < -0.3 is 10.1 Å².